The van der Waals surface area contributed by atoms with Crippen molar-refractivity contribution < 1.29 is 18.7 Å². The maximum atomic E-state index is 12.9. The lowest BCUT2D eigenvalue weighted by Crippen LogP contribution is -2.50. The van der Waals surface area contributed by atoms with Crippen LogP contribution in [0, 0.1) is 11.7 Å². The Labute approximate surface area is 136 Å². The SMILES string of the molecule is COC(=O)N[C@@H](CC(C)C)C(=O)N[C@@H](C)Cc1ccc(F)cc1. The number of benzene rings is 1. The number of nitrogens with one attached hydrogen (secondary N) is 2. The van der Waals surface area contributed by atoms with E-state index in [0.29, 0.717) is 12.8 Å². The summed E-state index contributed by atoms with van der Waals surface area (Å²) in [6.45, 7) is 5.81. The molecule has 0 aliphatic carbocycles. The zero-order chi connectivity index (χ0) is 17.4. The highest BCUT2D eigenvalue weighted by molar-refractivity contribution is 5.85. The number of hydrogen-bond donors (Lipinski definition) is 2. The topological polar surface area (TPSA) is 67.4 Å². The summed E-state index contributed by atoms with van der Waals surface area (Å²) in [6, 6.07) is 5.39. The van der Waals surface area contributed by atoms with Crippen molar-refractivity contribution in [1.82, 2.24) is 10.6 Å². The van der Waals surface area contributed by atoms with Gasteiger partial charge in [0.15, 0.2) is 0 Å². The molecule has 2 N–H and O–H groups in total. The summed E-state index contributed by atoms with van der Waals surface area (Å²) in [6.07, 6.45) is 0.472. The van der Waals surface area contributed by atoms with Gasteiger partial charge in [0.25, 0.3) is 0 Å². The van der Waals surface area contributed by atoms with Crippen LogP contribution in [0.1, 0.15) is 32.8 Å². The first-order chi connectivity index (χ1) is 10.8. The van der Waals surface area contributed by atoms with Gasteiger partial charge in [-0.2, -0.15) is 0 Å². The van der Waals surface area contributed by atoms with Crippen LogP contribution in [0.25, 0.3) is 0 Å². The summed E-state index contributed by atoms with van der Waals surface area (Å²) in [5, 5.41) is 5.43. The highest BCUT2D eigenvalue weighted by Crippen LogP contribution is 2.08. The van der Waals surface area contributed by atoms with Crippen LogP contribution in [-0.4, -0.2) is 31.2 Å². The number of amides is 2. The fraction of sp³-hybridized carbons (Fsp3) is 0.529. The van der Waals surface area contributed by atoms with E-state index in [9.17, 15) is 14.0 Å². The second-order valence-corrected chi connectivity index (χ2v) is 6.06. The Morgan fingerprint density at radius 2 is 1.74 bits per heavy atom. The van der Waals surface area contributed by atoms with Crippen molar-refractivity contribution in [3.05, 3.63) is 35.6 Å². The van der Waals surface area contributed by atoms with Crippen LogP contribution in [-0.2, 0) is 16.0 Å². The predicted molar refractivity (Wildman–Crippen MR) is 86.5 cm³/mol. The number of rotatable bonds is 7. The minimum Gasteiger partial charge on any atom is -0.453 e. The molecule has 0 aromatic heterocycles. The second kappa shape index (κ2) is 9.12. The molecule has 0 fully saturated rings. The quantitative estimate of drug-likeness (QED) is 0.810. The maximum Gasteiger partial charge on any atom is 0.407 e. The molecule has 1 aromatic rings. The molecule has 0 unspecified atom stereocenters. The average Bonchev–Trinajstić information content (AvgIpc) is 2.48. The molecule has 0 saturated heterocycles. The van der Waals surface area contributed by atoms with Crippen molar-refractivity contribution in [2.45, 2.75) is 45.7 Å². The predicted octanol–water partition coefficient (Wildman–Crippen LogP) is 2.64. The van der Waals surface area contributed by atoms with Gasteiger partial charge in [0.1, 0.15) is 11.9 Å². The molecule has 0 aliphatic heterocycles. The van der Waals surface area contributed by atoms with Crippen molar-refractivity contribution in [1.29, 1.82) is 0 Å². The van der Waals surface area contributed by atoms with Gasteiger partial charge >= 0.3 is 6.09 Å². The lowest BCUT2D eigenvalue weighted by molar-refractivity contribution is -0.124. The summed E-state index contributed by atoms with van der Waals surface area (Å²) >= 11 is 0. The molecule has 0 radical (unpaired) electrons. The number of ether oxygens (including phenoxy) is 1. The van der Waals surface area contributed by atoms with E-state index >= 15 is 0 Å². The van der Waals surface area contributed by atoms with Crippen LogP contribution in [0.15, 0.2) is 24.3 Å². The van der Waals surface area contributed by atoms with Crippen molar-refractivity contribution in [2.75, 3.05) is 7.11 Å². The Kier molecular flexibility index (Phi) is 7.51. The number of methoxy groups -OCH3 is 1. The van der Waals surface area contributed by atoms with Crippen molar-refractivity contribution in [3.8, 4) is 0 Å². The Morgan fingerprint density at radius 3 is 2.26 bits per heavy atom. The third-order valence-corrected chi connectivity index (χ3v) is 3.34. The number of carbonyl (C=O) groups is 2. The standard InChI is InChI=1S/C17H25FN2O3/c1-11(2)9-15(20-17(22)23-4)16(21)19-12(3)10-13-5-7-14(18)8-6-13/h5-8,11-12,15H,9-10H2,1-4H3,(H,19,21)(H,20,22)/t12-,15-/m0/s1. The number of carbonyl (C=O) groups excluding carboxylic acids is 2. The summed E-state index contributed by atoms with van der Waals surface area (Å²) < 4.78 is 17.5. The zero-order valence-corrected chi connectivity index (χ0v) is 14.1. The van der Waals surface area contributed by atoms with Gasteiger partial charge < -0.3 is 15.4 Å². The minimum atomic E-state index is -0.641. The van der Waals surface area contributed by atoms with E-state index in [4.69, 9.17) is 0 Å². The third kappa shape index (κ3) is 7.13. The summed E-state index contributed by atoms with van der Waals surface area (Å²) in [7, 11) is 1.26. The number of alkyl carbamates (subject to hydrolysis) is 1. The summed E-state index contributed by atoms with van der Waals surface area (Å²) in [4.78, 5) is 23.7. The highest BCUT2D eigenvalue weighted by Gasteiger charge is 2.23. The Morgan fingerprint density at radius 1 is 1.13 bits per heavy atom. The minimum absolute atomic E-state index is 0.137. The molecular formula is C17H25FN2O3. The first-order valence-corrected chi connectivity index (χ1v) is 7.71. The van der Waals surface area contributed by atoms with E-state index in [1.165, 1.54) is 19.2 Å². The molecule has 0 aliphatic rings. The molecule has 0 spiro atoms. The fourth-order valence-electron chi connectivity index (χ4n) is 2.27. The molecule has 2 amide bonds. The first kappa shape index (κ1) is 18.9. The second-order valence-electron chi connectivity index (χ2n) is 6.06. The van der Waals surface area contributed by atoms with E-state index in [1.807, 2.05) is 20.8 Å². The summed E-state index contributed by atoms with van der Waals surface area (Å²) in [5.41, 5.74) is 0.931. The lowest BCUT2D eigenvalue weighted by Gasteiger charge is -2.22. The van der Waals surface area contributed by atoms with E-state index in [-0.39, 0.29) is 23.7 Å². The van der Waals surface area contributed by atoms with Gasteiger partial charge in [0.2, 0.25) is 5.91 Å². The number of hydrogen-bond acceptors (Lipinski definition) is 3. The van der Waals surface area contributed by atoms with Gasteiger partial charge in [-0.3, -0.25) is 4.79 Å². The molecule has 5 nitrogen and oxygen atoms in total. The monoisotopic (exact) mass is 324 g/mol. The number of halogens is 1. The molecule has 6 heteroatoms. The van der Waals surface area contributed by atoms with Gasteiger partial charge in [0.05, 0.1) is 7.11 Å². The van der Waals surface area contributed by atoms with E-state index < -0.39 is 12.1 Å². The fourth-order valence-corrected chi connectivity index (χ4v) is 2.27. The van der Waals surface area contributed by atoms with Crippen LogP contribution in [0.5, 0.6) is 0 Å². The van der Waals surface area contributed by atoms with Crippen LogP contribution >= 0.6 is 0 Å². The van der Waals surface area contributed by atoms with Gasteiger partial charge in [-0.05, 0) is 43.4 Å². The molecule has 23 heavy (non-hydrogen) atoms. The van der Waals surface area contributed by atoms with E-state index in [1.54, 1.807) is 12.1 Å². The van der Waals surface area contributed by atoms with Gasteiger partial charge in [-0.15, -0.1) is 0 Å². The maximum absolute atomic E-state index is 12.9. The lowest BCUT2D eigenvalue weighted by atomic mass is 10.0. The Balaban J connectivity index is 2.61. The van der Waals surface area contributed by atoms with Crippen LogP contribution in [0.2, 0.25) is 0 Å². The zero-order valence-electron chi connectivity index (χ0n) is 14.1. The first-order valence-electron chi connectivity index (χ1n) is 7.71. The van der Waals surface area contributed by atoms with Crippen LogP contribution in [0.4, 0.5) is 9.18 Å². The van der Waals surface area contributed by atoms with Gasteiger partial charge in [-0.25, -0.2) is 9.18 Å². The molecule has 1 rings (SSSR count). The molecule has 128 valence electrons. The van der Waals surface area contributed by atoms with E-state index in [2.05, 4.69) is 15.4 Å². The Bertz CT molecular complexity index is 517. The van der Waals surface area contributed by atoms with Gasteiger partial charge in [-0.1, -0.05) is 26.0 Å². The van der Waals surface area contributed by atoms with E-state index in [0.717, 1.165) is 5.56 Å². The smallest absolute Gasteiger partial charge is 0.407 e. The molecule has 0 saturated carbocycles. The highest BCUT2D eigenvalue weighted by atomic mass is 19.1. The normalized spacial score (nSPS) is 13.3. The van der Waals surface area contributed by atoms with Crippen LogP contribution in [0.3, 0.4) is 0 Å². The average molecular weight is 324 g/mol. The van der Waals surface area contributed by atoms with Crippen LogP contribution < -0.4 is 10.6 Å². The van der Waals surface area contributed by atoms with Crippen molar-refractivity contribution >= 4 is 12.0 Å². The molecule has 0 bridgehead atoms. The molecule has 1 aromatic carbocycles. The molecule has 2 atom stereocenters. The molecular weight excluding hydrogens is 299 g/mol. The Hall–Kier alpha value is -2.11. The van der Waals surface area contributed by atoms with Crippen molar-refractivity contribution in [3.63, 3.8) is 0 Å². The van der Waals surface area contributed by atoms with Gasteiger partial charge in [0, 0.05) is 6.04 Å². The third-order valence-electron chi connectivity index (χ3n) is 3.34. The molecule has 0 heterocycles. The largest absolute Gasteiger partial charge is 0.453 e. The summed E-state index contributed by atoms with van der Waals surface area (Å²) in [5.74, 6) is -0.293. The van der Waals surface area contributed by atoms with Crippen molar-refractivity contribution in [2.24, 2.45) is 5.92 Å².